The molecule has 0 aliphatic carbocycles. The lowest BCUT2D eigenvalue weighted by Gasteiger charge is -2.05. The van der Waals surface area contributed by atoms with Gasteiger partial charge in [0, 0.05) is 16.1 Å². The van der Waals surface area contributed by atoms with Gasteiger partial charge in [-0.2, -0.15) is 4.98 Å². The van der Waals surface area contributed by atoms with Crippen LogP contribution in [-0.2, 0) is 6.54 Å². The number of ether oxygens (including phenoxy) is 1. The Balaban J connectivity index is 1.57. The highest BCUT2D eigenvalue weighted by molar-refractivity contribution is 6.30. The van der Waals surface area contributed by atoms with Crippen molar-refractivity contribution in [1.29, 1.82) is 0 Å². The van der Waals surface area contributed by atoms with Crippen molar-refractivity contribution in [3.63, 3.8) is 0 Å². The molecule has 0 unspecified atom stereocenters. The average Bonchev–Trinajstić information content (AvgIpc) is 3.14. The molecule has 1 N–H and O–H groups in total. The molecule has 6 nitrogen and oxygen atoms in total. The van der Waals surface area contributed by atoms with Gasteiger partial charge in [0.1, 0.15) is 12.4 Å². The monoisotopic (exact) mass is 369 g/mol. The fourth-order valence-corrected chi connectivity index (χ4v) is 2.28. The number of rotatable bonds is 7. The summed E-state index contributed by atoms with van der Waals surface area (Å²) in [7, 11) is 0. The number of hydrogen-bond donors (Lipinski definition) is 1. The zero-order valence-electron chi connectivity index (χ0n) is 13.8. The highest BCUT2D eigenvalue weighted by Crippen LogP contribution is 2.18. The van der Waals surface area contributed by atoms with Crippen molar-refractivity contribution >= 4 is 17.5 Å². The topological polar surface area (TPSA) is 77.2 Å². The Kier molecular flexibility index (Phi) is 5.66. The summed E-state index contributed by atoms with van der Waals surface area (Å²) in [5, 5.41) is 7.27. The standard InChI is InChI=1S/C19H16ClN3O3/c1-2-11-25-16-9-5-14(6-10-16)19(24)21-12-17-22-18(23-26-17)13-3-7-15(20)8-4-13/h2-10H,1,11-12H2,(H,21,24). The summed E-state index contributed by atoms with van der Waals surface area (Å²) >= 11 is 5.86. The molecule has 0 fully saturated rings. The number of nitrogens with zero attached hydrogens (tertiary/aromatic N) is 2. The molecule has 0 radical (unpaired) electrons. The van der Waals surface area contributed by atoms with E-state index in [-0.39, 0.29) is 12.5 Å². The molecule has 3 aromatic rings. The smallest absolute Gasteiger partial charge is 0.251 e. The van der Waals surface area contributed by atoms with E-state index in [1.165, 1.54) is 0 Å². The third-order valence-corrected chi connectivity index (χ3v) is 3.71. The first-order valence-corrected chi connectivity index (χ1v) is 8.24. The second-order valence-corrected chi connectivity index (χ2v) is 5.76. The van der Waals surface area contributed by atoms with Crippen molar-refractivity contribution < 1.29 is 14.1 Å². The summed E-state index contributed by atoms with van der Waals surface area (Å²) in [5.41, 5.74) is 1.29. The van der Waals surface area contributed by atoms with Gasteiger partial charge in [0.25, 0.3) is 5.91 Å². The molecule has 0 bridgehead atoms. The Morgan fingerprint density at radius 3 is 2.62 bits per heavy atom. The van der Waals surface area contributed by atoms with Gasteiger partial charge in [-0.1, -0.05) is 29.4 Å². The predicted octanol–water partition coefficient (Wildman–Crippen LogP) is 3.88. The van der Waals surface area contributed by atoms with Gasteiger partial charge >= 0.3 is 0 Å². The van der Waals surface area contributed by atoms with Gasteiger partial charge < -0.3 is 14.6 Å². The Bertz CT molecular complexity index is 889. The maximum absolute atomic E-state index is 12.2. The van der Waals surface area contributed by atoms with Crippen LogP contribution in [0.5, 0.6) is 5.75 Å². The quantitative estimate of drug-likeness (QED) is 0.639. The number of hydrogen-bond acceptors (Lipinski definition) is 5. The van der Waals surface area contributed by atoms with E-state index >= 15 is 0 Å². The van der Waals surface area contributed by atoms with Crippen LogP contribution in [0, 0.1) is 0 Å². The molecule has 0 spiro atoms. The molecular formula is C19H16ClN3O3. The minimum Gasteiger partial charge on any atom is -0.490 e. The largest absolute Gasteiger partial charge is 0.490 e. The molecule has 0 aliphatic rings. The number of benzene rings is 2. The van der Waals surface area contributed by atoms with E-state index in [0.717, 1.165) is 5.56 Å². The lowest BCUT2D eigenvalue weighted by molar-refractivity contribution is 0.0946. The summed E-state index contributed by atoms with van der Waals surface area (Å²) in [4.78, 5) is 16.4. The molecule has 0 saturated heterocycles. The van der Waals surface area contributed by atoms with Crippen LogP contribution in [0.4, 0.5) is 0 Å². The second kappa shape index (κ2) is 8.31. The lowest BCUT2D eigenvalue weighted by Crippen LogP contribution is -2.22. The average molecular weight is 370 g/mol. The maximum atomic E-state index is 12.2. The van der Waals surface area contributed by atoms with Crippen LogP contribution >= 0.6 is 11.6 Å². The predicted molar refractivity (Wildman–Crippen MR) is 98.0 cm³/mol. The van der Waals surface area contributed by atoms with Crippen molar-refractivity contribution in [2.75, 3.05) is 6.61 Å². The van der Waals surface area contributed by atoms with E-state index in [2.05, 4.69) is 22.0 Å². The van der Waals surface area contributed by atoms with E-state index in [1.54, 1.807) is 54.6 Å². The number of amides is 1. The third kappa shape index (κ3) is 4.49. The molecule has 3 rings (SSSR count). The summed E-state index contributed by atoms with van der Waals surface area (Å²) < 4.78 is 10.5. The highest BCUT2D eigenvalue weighted by Gasteiger charge is 2.11. The second-order valence-electron chi connectivity index (χ2n) is 5.33. The van der Waals surface area contributed by atoms with Crippen LogP contribution in [0.25, 0.3) is 11.4 Å². The van der Waals surface area contributed by atoms with Crippen LogP contribution in [-0.4, -0.2) is 22.7 Å². The van der Waals surface area contributed by atoms with Crippen LogP contribution in [0.2, 0.25) is 5.02 Å². The Hall–Kier alpha value is -3.12. The molecule has 1 heterocycles. The van der Waals surface area contributed by atoms with Crippen molar-refractivity contribution in [1.82, 2.24) is 15.5 Å². The van der Waals surface area contributed by atoms with E-state index < -0.39 is 0 Å². The summed E-state index contributed by atoms with van der Waals surface area (Å²) in [6.45, 7) is 4.13. The lowest BCUT2D eigenvalue weighted by atomic mass is 10.2. The van der Waals surface area contributed by atoms with Crippen LogP contribution in [0.1, 0.15) is 16.2 Å². The fraction of sp³-hybridized carbons (Fsp3) is 0.105. The van der Waals surface area contributed by atoms with E-state index in [9.17, 15) is 4.79 Å². The van der Waals surface area contributed by atoms with Crippen molar-refractivity contribution in [3.05, 3.63) is 77.7 Å². The highest BCUT2D eigenvalue weighted by atomic mass is 35.5. The third-order valence-electron chi connectivity index (χ3n) is 3.46. The minimum atomic E-state index is -0.244. The molecule has 1 amide bonds. The first-order chi connectivity index (χ1) is 12.7. The first kappa shape index (κ1) is 17.7. The summed E-state index contributed by atoms with van der Waals surface area (Å²) in [6, 6.07) is 13.9. The van der Waals surface area contributed by atoms with Crippen LogP contribution in [0.3, 0.4) is 0 Å². The van der Waals surface area contributed by atoms with Crippen LogP contribution < -0.4 is 10.1 Å². The van der Waals surface area contributed by atoms with E-state index in [0.29, 0.717) is 34.7 Å². The van der Waals surface area contributed by atoms with Crippen LogP contribution in [0.15, 0.2) is 65.7 Å². The maximum Gasteiger partial charge on any atom is 0.251 e. The Morgan fingerprint density at radius 1 is 1.19 bits per heavy atom. The fourth-order valence-electron chi connectivity index (χ4n) is 2.16. The van der Waals surface area contributed by atoms with Gasteiger partial charge in [0.2, 0.25) is 11.7 Å². The summed E-state index contributed by atoms with van der Waals surface area (Å²) in [6.07, 6.45) is 1.66. The number of carbonyl (C=O) groups excluding carboxylic acids is 1. The molecule has 1 aromatic heterocycles. The van der Waals surface area contributed by atoms with Crippen molar-refractivity contribution in [3.8, 4) is 17.1 Å². The molecule has 132 valence electrons. The molecular weight excluding hydrogens is 354 g/mol. The molecule has 0 aliphatic heterocycles. The van der Waals surface area contributed by atoms with E-state index in [4.69, 9.17) is 20.9 Å². The molecule has 7 heteroatoms. The number of aromatic nitrogens is 2. The van der Waals surface area contributed by atoms with Crippen molar-refractivity contribution in [2.45, 2.75) is 6.54 Å². The minimum absolute atomic E-state index is 0.133. The van der Waals surface area contributed by atoms with Gasteiger partial charge in [-0.3, -0.25) is 4.79 Å². The SMILES string of the molecule is C=CCOc1ccc(C(=O)NCc2nc(-c3ccc(Cl)cc3)no2)cc1. The van der Waals surface area contributed by atoms with Gasteiger partial charge in [-0.15, -0.1) is 0 Å². The Labute approximate surface area is 155 Å². The number of halogens is 1. The first-order valence-electron chi connectivity index (χ1n) is 7.86. The number of carbonyl (C=O) groups is 1. The van der Waals surface area contributed by atoms with E-state index in [1.807, 2.05) is 0 Å². The van der Waals surface area contributed by atoms with Crippen molar-refractivity contribution in [2.24, 2.45) is 0 Å². The number of nitrogens with one attached hydrogen (secondary N) is 1. The van der Waals surface area contributed by atoms with Gasteiger partial charge in [0.05, 0.1) is 6.54 Å². The van der Waals surface area contributed by atoms with Gasteiger partial charge in [-0.05, 0) is 48.5 Å². The molecule has 26 heavy (non-hydrogen) atoms. The zero-order valence-corrected chi connectivity index (χ0v) is 14.6. The zero-order chi connectivity index (χ0) is 18.4. The Morgan fingerprint density at radius 2 is 1.92 bits per heavy atom. The van der Waals surface area contributed by atoms with Gasteiger partial charge in [-0.25, -0.2) is 0 Å². The molecule has 0 atom stereocenters. The normalized spacial score (nSPS) is 10.3. The molecule has 2 aromatic carbocycles. The summed E-state index contributed by atoms with van der Waals surface area (Å²) in [5.74, 6) is 1.18. The molecule has 0 saturated carbocycles. The van der Waals surface area contributed by atoms with Gasteiger partial charge in [0.15, 0.2) is 0 Å².